The van der Waals surface area contributed by atoms with Gasteiger partial charge < -0.3 is 58.7 Å². The Bertz CT molecular complexity index is 3190. The first-order valence-corrected chi connectivity index (χ1v) is 26.7. The van der Waals surface area contributed by atoms with E-state index in [1.165, 1.54) is 20.3 Å². The van der Waals surface area contributed by atoms with Crippen LogP contribution in [0, 0.1) is 17.7 Å². The molecule has 3 aromatic carbocycles. The number of carbonyl (C=O) groups excluding carboxylic acids is 4. The van der Waals surface area contributed by atoms with Crippen molar-refractivity contribution in [3.63, 3.8) is 0 Å². The molecular weight excluding hydrogens is 974 g/mol. The van der Waals surface area contributed by atoms with Crippen LogP contribution in [-0.4, -0.2) is 116 Å². The summed E-state index contributed by atoms with van der Waals surface area (Å²) in [5.41, 5.74) is 6.45. The minimum absolute atomic E-state index is 0.0569. The van der Waals surface area contributed by atoms with Crippen molar-refractivity contribution in [3.8, 4) is 45.3 Å². The van der Waals surface area contributed by atoms with Crippen LogP contribution in [0.15, 0.2) is 67.0 Å². The predicted octanol–water partition coefficient (Wildman–Crippen LogP) is 9.52. The molecule has 3 saturated heterocycles. The van der Waals surface area contributed by atoms with E-state index in [1.807, 2.05) is 69.0 Å². The summed E-state index contributed by atoms with van der Waals surface area (Å²) in [5.74, 6) is 1.24. The Labute approximate surface area is 440 Å². The number of benzene rings is 3. The first-order chi connectivity index (χ1) is 36.7. The molecule has 8 heterocycles. The van der Waals surface area contributed by atoms with Crippen molar-refractivity contribution in [2.75, 3.05) is 27.3 Å². The second-order valence-corrected chi connectivity index (χ2v) is 21.5. The SMILES string of the molecule is COC(=O)NC(C(=O)N1CCC[C@H]1c1ncc(-c2ccc3c(c2)cc2n3C(c3ccc4c(c3)CCC(C)O4)Oc3cc(-c4cnc([C@@H]5CCCN5C(=O)[C@@H](NC(=O)OC)C(C)C)[nH]4)cc(F)c3-2)[nH]1)C1C[C@@H](C)O[C@@H](C)C1. The maximum atomic E-state index is 17.1. The number of H-pyrrole nitrogens is 2. The molecule has 0 saturated carbocycles. The first-order valence-electron chi connectivity index (χ1n) is 26.7. The lowest BCUT2D eigenvalue weighted by Gasteiger charge is -2.38. The van der Waals surface area contributed by atoms with Crippen LogP contribution in [0.25, 0.3) is 44.7 Å². The van der Waals surface area contributed by atoms with Crippen molar-refractivity contribution >= 4 is 34.9 Å². The minimum atomic E-state index is -0.782. The Hall–Kier alpha value is -7.41. The highest BCUT2D eigenvalue weighted by Crippen LogP contribution is 2.48. The summed E-state index contributed by atoms with van der Waals surface area (Å²) in [4.78, 5) is 73.3. The molecule has 9 atom stereocenters. The number of alkyl carbamates (subject to hydrolysis) is 2. The van der Waals surface area contributed by atoms with Gasteiger partial charge in [-0.1, -0.05) is 19.9 Å². The molecule has 0 radical (unpaired) electrons. The third kappa shape index (κ3) is 9.51. The quantitative estimate of drug-likeness (QED) is 0.0961. The van der Waals surface area contributed by atoms with Gasteiger partial charge in [0.2, 0.25) is 18.0 Å². The first kappa shape index (κ1) is 50.7. The lowest BCUT2D eigenvalue weighted by Crippen LogP contribution is -2.54. The fraction of sp³-hybridized carbons (Fsp3) is 0.474. The van der Waals surface area contributed by atoms with E-state index in [1.54, 1.807) is 17.3 Å². The maximum absolute atomic E-state index is 17.1. The molecule has 4 unspecified atom stereocenters. The van der Waals surface area contributed by atoms with E-state index >= 15 is 4.39 Å². The molecule has 0 bridgehead atoms. The number of imidazole rings is 2. The number of nitrogens with one attached hydrogen (secondary N) is 4. The topological polar surface area (TPSA) is 207 Å². The molecule has 4 amide bonds. The summed E-state index contributed by atoms with van der Waals surface area (Å²) in [6.45, 7) is 10.8. The summed E-state index contributed by atoms with van der Waals surface area (Å²) in [6, 6.07) is 15.3. The van der Waals surface area contributed by atoms with Gasteiger partial charge in [0.15, 0.2) is 0 Å². The third-order valence-electron chi connectivity index (χ3n) is 16.0. The molecule has 19 heteroatoms. The summed E-state index contributed by atoms with van der Waals surface area (Å²) >= 11 is 0. The monoisotopic (exact) mass is 1040 g/mol. The maximum Gasteiger partial charge on any atom is 0.407 e. The van der Waals surface area contributed by atoms with Crippen LogP contribution in [0.2, 0.25) is 0 Å². The van der Waals surface area contributed by atoms with E-state index < -0.39 is 36.3 Å². The summed E-state index contributed by atoms with van der Waals surface area (Å²) in [7, 11) is 2.57. The Morgan fingerprint density at radius 1 is 0.737 bits per heavy atom. The van der Waals surface area contributed by atoms with Gasteiger partial charge in [-0.15, -0.1) is 0 Å². The van der Waals surface area contributed by atoms with Crippen LogP contribution in [-0.2, 0) is 30.2 Å². The van der Waals surface area contributed by atoms with Crippen LogP contribution in [0.1, 0.15) is 121 Å². The number of hydrogen-bond donors (Lipinski definition) is 4. The van der Waals surface area contributed by atoms with Crippen LogP contribution in [0.4, 0.5) is 14.0 Å². The number of aryl methyl sites for hydroxylation is 1. The van der Waals surface area contributed by atoms with Crippen LogP contribution in [0.3, 0.4) is 0 Å². The zero-order valence-corrected chi connectivity index (χ0v) is 44.0. The molecule has 5 aliphatic rings. The molecule has 4 N–H and O–H groups in total. The Morgan fingerprint density at radius 2 is 1.39 bits per heavy atom. The number of likely N-dealkylation sites (tertiary alicyclic amines) is 2. The van der Waals surface area contributed by atoms with E-state index in [2.05, 4.69) is 44.2 Å². The molecule has 400 valence electrons. The van der Waals surface area contributed by atoms with Crippen molar-refractivity contribution in [3.05, 3.63) is 95.6 Å². The van der Waals surface area contributed by atoms with Gasteiger partial charge in [-0.25, -0.2) is 23.9 Å². The zero-order chi connectivity index (χ0) is 53.1. The van der Waals surface area contributed by atoms with Gasteiger partial charge in [0.25, 0.3) is 0 Å². The van der Waals surface area contributed by atoms with E-state index in [9.17, 15) is 19.2 Å². The molecule has 18 nitrogen and oxygen atoms in total. The number of hydrogen-bond acceptors (Lipinski definition) is 11. The number of nitrogens with zero attached hydrogens (tertiary/aromatic N) is 5. The van der Waals surface area contributed by atoms with Crippen molar-refractivity contribution in [2.24, 2.45) is 11.8 Å². The summed E-state index contributed by atoms with van der Waals surface area (Å²) in [6.07, 6.45) is 7.32. The standard InChI is InChI=1S/C57H66FN9O9/c1-29(2)49(63-56(70)72-6)53(68)65-18-8-10-43(65)52-60-28-41(62-52)36-24-39(58)48-45-25-37-22-33(14-16-42(37)67(45)55(76-47(48)26-36)35-15-17-46-34(23-35)13-12-30(3)75-46)40-27-59-51(61-40)44-11-9-19-66(44)54(69)50(64-57(71)73-7)38-20-31(4)74-32(5)21-38/h14-17,22-32,38,43-44,49-50,55H,8-13,18-21H2,1-7H3,(H,59,61)(H,60,62)(H,63,70)(H,64,71)/t30?,31-,32+,38?,43-,44-,49-,50?,55?/m0/s1. The molecule has 3 fully saturated rings. The van der Waals surface area contributed by atoms with Crippen molar-refractivity contribution in [2.45, 2.75) is 135 Å². The van der Waals surface area contributed by atoms with Gasteiger partial charge in [0, 0.05) is 35.2 Å². The lowest BCUT2D eigenvalue weighted by molar-refractivity contribution is -0.138. The van der Waals surface area contributed by atoms with Gasteiger partial charge in [-0.2, -0.15) is 0 Å². The number of aromatic amines is 2. The highest BCUT2D eigenvalue weighted by molar-refractivity contribution is 5.93. The highest BCUT2D eigenvalue weighted by Gasteiger charge is 2.43. The van der Waals surface area contributed by atoms with Crippen molar-refractivity contribution in [1.82, 2.24) is 44.9 Å². The average molecular weight is 1040 g/mol. The smallest absolute Gasteiger partial charge is 0.407 e. The normalized spacial score (nSPS) is 23.7. The van der Waals surface area contributed by atoms with Gasteiger partial charge in [-0.05, 0) is 138 Å². The number of methoxy groups -OCH3 is 2. The van der Waals surface area contributed by atoms with Crippen LogP contribution in [0.5, 0.6) is 11.5 Å². The molecule has 5 aliphatic heterocycles. The lowest BCUT2D eigenvalue weighted by atomic mass is 9.85. The number of halogens is 1. The fourth-order valence-electron chi connectivity index (χ4n) is 12.3. The van der Waals surface area contributed by atoms with Crippen molar-refractivity contribution < 1.29 is 47.3 Å². The summed E-state index contributed by atoms with van der Waals surface area (Å²) in [5, 5.41) is 6.41. The average Bonchev–Trinajstić information content (AvgIpc) is 4.35. The largest absolute Gasteiger partial charge is 0.490 e. The molecule has 76 heavy (non-hydrogen) atoms. The van der Waals surface area contributed by atoms with Crippen LogP contribution >= 0.6 is 0 Å². The number of carbonyl (C=O) groups is 4. The van der Waals surface area contributed by atoms with E-state index in [0.29, 0.717) is 78.7 Å². The predicted molar refractivity (Wildman–Crippen MR) is 280 cm³/mol. The minimum Gasteiger partial charge on any atom is -0.490 e. The van der Waals surface area contributed by atoms with E-state index in [4.69, 9.17) is 33.7 Å². The number of fused-ring (bicyclic) bond motifs is 6. The van der Waals surface area contributed by atoms with E-state index in [0.717, 1.165) is 64.7 Å². The van der Waals surface area contributed by atoms with Gasteiger partial charge >= 0.3 is 12.2 Å². The van der Waals surface area contributed by atoms with Gasteiger partial charge in [0.05, 0.1) is 85.2 Å². The fourth-order valence-corrected chi connectivity index (χ4v) is 12.3. The molecule has 6 aromatic rings. The molecule has 11 rings (SSSR count). The Kier molecular flexibility index (Phi) is 13.8. The van der Waals surface area contributed by atoms with Gasteiger partial charge in [-0.3, -0.25) is 9.59 Å². The third-order valence-corrected chi connectivity index (χ3v) is 16.0. The van der Waals surface area contributed by atoms with Crippen LogP contribution < -0.4 is 20.1 Å². The highest BCUT2D eigenvalue weighted by atomic mass is 19.1. The molecule has 0 spiro atoms. The number of amides is 4. The number of ether oxygens (including phenoxy) is 5. The Morgan fingerprint density at radius 3 is 2.07 bits per heavy atom. The molecular formula is C57H66FN9O9. The second-order valence-electron chi connectivity index (χ2n) is 21.5. The zero-order valence-electron chi connectivity index (χ0n) is 44.0. The Balaban J connectivity index is 0.912. The summed E-state index contributed by atoms with van der Waals surface area (Å²) < 4.78 is 48.1. The molecule has 0 aliphatic carbocycles. The number of aromatic nitrogens is 5. The molecule has 3 aromatic heterocycles. The van der Waals surface area contributed by atoms with Gasteiger partial charge in [0.1, 0.15) is 41.0 Å². The second kappa shape index (κ2) is 20.6. The van der Waals surface area contributed by atoms with E-state index in [-0.39, 0.29) is 54.0 Å². The van der Waals surface area contributed by atoms with Crippen molar-refractivity contribution in [1.29, 1.82) is 0 Å². The number of rotatable bonds is 11.